The Morgan fingerprint density at radius 2 is 1.92 bits per heavy atom. The van der Waals surface area contributed by atoms with Gasteiger partial charge in [-0.3, -0.25) is 4.79 Å². The second kappa shape index (κ2) is 8.91. The van der Waals surface area contributed by atoms with Gasteiger partial charge >= 0.3 is 0 Å². The molecule has 0 saturated heterocycles. The van der Waals surface area contributed by atoms with E-state index in [2.05, 4.69) is 16.8 Å². The predicted molar refractivity (Wildman–Crippen MR) is 100 cm³/mol. The molecule has 0 unspecified atom stereocenters. The molecule has 0 amide bonds. The predicted octanol–water partition coefficient (Wildman–Crippen LogP) is 3.80. The molecule has 2 aromatic rings. The van der Waals surface area contributed by atoms with Crippen molar-refractivity contribution in [1.82, 2.24) is 4.98 Å². The quantitative estimate of drug-likeness (QED) is 0.584. The van der Waals surface area contributed by atoms with Crippen LogP contribution in [0, 0.1) is 18.8 Å². The molecule has 0 aliphatic rings. The molecule has 0 saturated carbocycles. The molecule has 0 atom stereocenters. The number of hydrogen-bond donors (Lipinski definition) is 0. The Labute approximate surface area is 154 Å². The fraction of sp³-hybridized carbons (Fsp3) is 0.333. The maximum absolute atomic E-state index is 11.5. The van der Waals surface area contributed by atoms with E-state index >= 15 is 0 Å². The number of carbonyl (C=O) groups is 1. The summed E-state index contributed by atoms with van der Waals surface area (Å²) in [6.07, 6.45) is 0.717. The first-order valence-corrected chi connectivity index (χ1v) is 8.44. The maximum Gasteiger partial charge on any atom is 0.162 e. The van der Waals surface area contributed by atoms with Crippen molar-refractivity contribution >= 4 is 6.29 Å². The average molecular weight is 353 g/mol. The Balaban J connectivity index is 2.49. The summed E-state index contributed by atoms with van der Waals surface area (Å²) in [6.45, 7) is 8.13. The monoisotopic (exact) mass is 353 g/mol. The lowest BCUT2D eigenvalue weighted by Crippen LogP contribution is -2.07. The smallest absolute Gasteiger partial charge is 0.162 e. The molecule has 0 aliphatic carbocycles. The highest BCUT2D eigenvalue weighted by molar-refractivity contribution is 5.81. The van der Waals surface area contributed by atoms with Gasteiger partial charge in [-0.2, -0.15) is 0 Å². The van der Waals surface area contributed by atoms with Crippen molar-refractivity contribution in [2.75, 3.05) is 13.7 Å². The SMILES string of the molecule is CCOc1ccc(C)nc1C#Cc1cc(OC)c(OC(C)C)cc1C=O. The number of aldehydes is 1. The Bertz CT molecular complexity index is 847. The largest absolute Gasteiger partial charge is 0.493 e. The second-order valence-electron chi connectivity index (χ2n) is 5.86. The number of methoxy groups -OCH3 is 1. The Morgan fingerprint density at radius 1 is 1.15 bits per heavy atom. The molecule has 1 aromatic carbocycles. The zero-order valence-corrected chi connectivity index (χ0v) is 15.8. The fourth-order valence-corrected chi connectivity index (χ4v) is 2.32. The van der Waals surface area contributed by atoms with Gasteiger partial charge < -0.3 is 14.2 Å². The summed E-state index contributed by atoms with van der Waals surface area (Å²) in [6, 6.07) is 7.05. The third kappa shape index (κ3) is 4.76. The average Bonchev–Trinajstić information content (AvgIpc) is 2.61. The molecule has 1 heterocycles. The van der Waals surface area contributed by atoms with Crippen LogP contribution in [0.25, 0.3) is 0 Å². The highest BCUT2D eigenvalue weighted by atomic mass is 16.5. The normalized spacial score (nSPS) is 10.1. The van der Waals surface area contributed by atoms with E-state index in [4.69, 9.17) is 14.2 Å². The molecular weight excluding hydrogens is 330 g/mol. The van der Waals surface area contributed by atoms with Crippen LogP contribution in [0.2, 0.25) is 0 Å². The van der Waals surface area contributed by atoms with Crippen LogP contribution in [0.4, 0.5) is 0 Å². The van der Waals surface area contributed by atoms with Gasteiger partial charge in [0.1, 0.15) is 0 Å². The summed E-state index contributed by atoms with van der Waals surface area (Å²) in [5.41, 5.74) is 2.34. The standard InChI is InChI=1S/C21H23NO4/c1-6-25-19-10-7-15(4)22-18(19)9-8-16-11-20(24-5)21(26-14(2)3)12-17(16)13-23/h7,10-14H,6H2,1-5H3. The lowest BCUT2D eigenvalue weighted by atomic mass is 10.1. The number of benzene rings is 1. The van der Waals surface area contributed by atoms with Gasteiger partial charge in [-0.1, -0.05) is 5.92 Å². The lowest BCUT2D eigenvalue weighted by molar-refractivity contribution is 0.112. The summed E-state index contributed by atoms with van der Waals surface area (Å²) in [4.78, 5) is 15.9. The van der Waals surface area contributed by atoms with Crippen LogP contribution < -0.4 is 14.2 Å². The van der Waals surface area contributed by atoms with Crippen LogP contribution in [0.1, 0.15) is 48.1 Å². The molecule has 26 heavy (non-hydrogen) atoms. The number of hydrogen-bond acceptors (Lipinski definition) is 5. The molecule has 0 bridgehead atoms. The summed E-state index contributed by atoms with van der Waals surface area (Å²) in [7, 11) is 1.55. The molecule has 0 spiro atoms. The summed E-state index contributed by atoms with van der Waals surface area (Å²) in [5, 5.41) is 0. The van der Waals surface area contributed by atoms with Gasteiger partial charge in [-0.05, 0) is 51.8 Å². The number of carbonyl (C=O) groups excluding carboxylic acids is 1. The first-order valence-electron chi connectivity index (χ1n) is 8.44. The highest BCUT2D eigenvalue weighted by Gasteiger charge is 2.12. The van der Waals surface area contributed by atoms with Crippen molar-refractivity contribution in [2.45, 2.75) is 33.8 Å². The summed E-state index contributed by atoms with van der Waals surface area (Å²) < 4.78 is 16.6. The van der Waals surface area contributed by atoms with Crippen molar-refractivity contribution in [1.29, 1.82) is 0 Å². The van der Waals surface area contributed by atoms with E-state index in [1.807, 2.05) is 39.8 Å². The van der Waals surface area contributed by atoms with E-state index in [9.17, 15) is 4.79 Å². The molecule has 0 radical (unpaired) electrons. The summed E-state index contributed by atoms with van der Waals surface area (Å²) in [5.74, 6) is 7.66. The number of ether oxygens (including phenoxy) is 3. The fourth-order valence-electron chi connectivity index (χ4n) is 2.32. The minimum Gasteiger partial charge on any atom is -0.493 e. The minimum atomic E-state index is -0.0365. The van der Waals surface area contributed by atoms with E-state index in [-0.39, 0.29) is 6.10 Å². The van der Waals surface area contributed by atoms with Gasteiger partial charge in [-0.15, -0.1) is 0 Å². The van der Waals surface area contributed by atoms with Crippen molar-refractivity contribution < 1.29 is 19.0 Å². The van der Waals surface area contributed by atoms with Crippen molar-refractivity contribution in [2.24, 2.45) is 0 Å². The van der Waals surface area contributed by atoms with Crippen molar-refractivity contribution in [3.63, 3.8) is 0 Å². The molecule has 136 valence electrons. The first kappa shape index (κ1) is 19.3. The molecule has 0 aliphatic heterocycles. The maximum atomic E-state index is 11.5. The third-order valence-corrected chi connectivity index (χ3v) is 3.44. The molecule has 0 N–H and O–H groups in total. The number of aryl methyl sites for hydroxylation is 1. The van der Waals surface area contributed by atoms with E-state index < -0.39 is 0 Å². The second-order valence-corrected chi connectivity index (χ2v) is 5.86. The third-order valence-electron chi connectivity index (χ3n) is 3.44. The van der Waals surface area contributed by atoms with Gasteiger partial charge in [0.2, 0.25) is 0 Å². The van der Waals surface area contributed by atoms with E-state index in [0.717, 1.165) is 12.0 Å². The molecule has 5 heteroatoms. The number of rotatable bonds is 6. The Morgan fingerprint density at radius 3 is 2.54 bits per heavy atom. The summed E-state index contributed by atoms with van der Waals surface area (Å²) >= 11 is 0. The molecule has 0 fully saturated rings. The van der Waals surface area contributed by atoms with Crippen LogP contribution in [0.3, 0.4) is 0 Å². The number of aromatic nitrogens is 1. The Kier molecular flexibility index (Phi) is 6.62. The zero-order valence-electron chi connectivity index (χ0n) is 15.8. The van der Waals surface area contributed by atoms with E-state index in [1.165, 1.54) is 0 Å². The highest BCUT2D eigenvalue weighted by Crippen LogP contribution is 2.31. The van der Waals surface area contributed by atoms with Crippen LogP contribution in [-0.4, -0.2) is 31.1 Å². The number of pyridine rings is 1. The molecule has 2 rings (SSSR count). The molecule has 5 nitrogen and oxygen atoms in total. The van der Waals surface area contributed by atoms with Crippen LogP contribution in [0.15, 0.2) is 24.3 Å². The van der Waals surface area contributed by atoms with E-state index in [1.54, 1.807) is 19.2 Å². The number of nitrogens with zero attached hydrogens (tertiary/aromatic N) is 1. The van der Waals surface area contributed by atoms with Crippen LogP contribution >= 0.6 is 0 Å². The zero-order chi connectivity index (χ0) is 19.1. The minimum absolute atomic E-state index is 0.0365. The van der Waals surface area contributed by atoms with Gasteiger partial charge in [0.15, 0.2) is 29.2 Å². The van der Waals surface area contributed by atoms with Crippen LogP contribution in [0.5, 0.6) is 17.2 Å². The lowest BCUT2D eigenvalue weighted by Gasteiger charge is -2.14. The van der Waals surface area contributed by atoms with Gasteiger partial charge in [0.25, 0.3) is 0 Å². The van der Waals surface area contributed by atoms with Crippen LogP contribution in [-0.2, 0) is 0 Å². The van der Waals surface area contributed by atoms with Gasteiger partial charge in [0.05, 0.1) is 19.8 Å². The van der Waals surface area contributed by atoms with Crippen molar-refractivity contribution in [3.05, 3.63) is 46.8 Å². The van der Waals surface area contributed by atoms with Gasteiger partial charge in [0, 0.05) is 22.9 Å². The molecular formula is C21H23NO4. The van der Waals surface area contributed by atoms with Gasteiger partial charge in [-0.25, -0.2) is 4.98 Å². The first-order chi connectivity index (χ1) is 12.5. The van der Waals surface area contributed by atoms with E-state index in [0.29, 0.717) is 40.7 Å². The molecule has 1 aromatic heterocycles. The van der Waals surface area contributed by atoms with Crippen molar-refractivity contribution in [3.8, 4) is 29.1 Å². The Hall–Kier alpha value is -3.00. The topological polar surface area (TPSA) is 57.6 Å².